The van der Waals surface area contributed by atoms with Gasteiger partial charge in [-0.05, 0) is 32.6 Å². The highest BCUT2D eigenvalue weighted by atomic mass is 16.3. The van der Waals surface area contributed by atoms with Gasteiger partial charge < -0.3 is 19.2 Å². The average Bonchev–Trinajstić information content (AvgIpc) is 3.09. The van der Waals surface area contributed by atoms with E-state index >= 15 is 0 Å². The lowest BCUT2D eigenvalue weighted by molar-refractivity contribution is -0.135. The summed E-state index contributed by atoms with van der Waals surface area (Å²) in [4.78, 5) is 29.7. The van der Waals surface area contributed by atoms with E-state index < -0.39 is 5.54 Å². The molecule has 168 valence electrons. The molecule has 0 saturated heterocycles. The van der Waals surface area contributed by atoms with Crippen molar-refractivity contribution in [2.24, 2.45) is 0 Å². The Morgan fingerprint density at radius 3 is 2.35 bits per heavy atom. The largest absolute Gasteiger partial charge is 0.463 e. The molecule has 31 heavy (non-hydrogen) atoms. The second-order valence-electron chi connectivity index (χ2n) is 10.0. The van der Waals surface area contributed by atoms with Gasteiger partial charge in [0.15, 0.2) is 5.58 Å². The number of carbonyl (C=O) groups is 2. The third-order valence-corrected chi connectivity index (χ3v) is 7.83. The number of carbonyl (C=O) groups excluding carboxylic acids is 2. The van der Waals surface area contributed by atoms with Gasteiger partial charge in [-0.1, -0.05) is 51.4 Å². The van der Waals surface area contributed by atoms with Gasteiger partial charge in [-0.2, -0.15) is 0 Å². The number of aromatic nitrogens is 1. The fourth-order valence-electron chi connectivity index (χ4n) is 6.09. The van der Waals surface area contributed by atoms with Gasteiger partial charge in [0.05, 0.1) is 18.3 Å². The summed E-state index contributed by atoms with van der Waals surface area (Å²) in [5, 5.41) is 3.37. The molecule has 1 aliphatic heterocycles. The molecule has 2 saturated carbocycles. The summed E-state index contributed by atoms with van der Waals surface area (Å²) in [6, 6.07) is 4.09. The van der Waals surface area contributed by atoms with E-state index in [0.29, 0.717) is 12.2 Å². The van der Waals surface area contributed by atoms with Crippen LogP contribution < -0.4 is 5.32 Å². The third kappa shape index (κ3) is 3.68. The quantitative estimate of drug-likeness (QED) is 0.703. The SMILES string of the molecule is C[C@@]1(C(=O)NC2CCCCCC2)Cn2c(cc3occc32)C(=O)N1C1CCCCCC1. The average molecular weight is 426 g/mol. The molecule has 6 heteroatoms. The molecule has 2 amide bonds. The Morgan fingerprint density at radius 1 is 1.03 bits per heavy atom. The zero-order valence-electron chi connectivity index (χ0n) is 18.7. The van der Waals surface area contributed by atoms with Gasteiger partial charge in [-0.15, -0.1) is 0 Å². The lowest BCUT2D eigenvalue weighted by Gasteiger charge is -2.48. The zero-order valence-corrected chi connectivity index (χ0v) is 18.7. The summed E-state index contributed by atoms with van der Waals surface area (Å²) in [6.45, 7) is 2.46. The van der Waals surface area contributed by atoms with Crippen LogP contribution in [-0.4, -0.2) is 38.9 Å². The first-order valence-corrected chi connectivity index (χ1v) is 12.3. The van der Waals surface area contributed by atoms with Crippen molar-refractivity contribution >= 4 is 22.9 Å². The van der Waals surface area contributed by atoms with Crippen molar-refractivity contribution in [2.75, 3.05) is 0 Å². The molecule has 2 fully saturated rings. The minimum Gasteiger partial charge on any atom is -0.463 e. The molecule has 5 rings (SSSR count). The van der Waals surface area contributed by atoms with Crippen molar-refractivity contribution in [3.8, 4) is 0 Å². The summed E-state index contributed by atoms with van der Waals surface area (Å²) in [5.41, 5.74) is 1.38. The van der Waals surface area contributed by atoms with E-state index in [2.05, 4.69) is 5.32 Å². The Hall–Kier alpha value is -2.24. The van der Waals surface area contributed by atoms with Crippen molar-refractivity contribution in [3.05, 3.63) is 24.1 Å². The highest BCUT2D eigenvalue weighted by molar-refractivity contribution is 6.03. The predicted molar refractivity (Wildman–Crippen MR) is 120 cm³/mol. The second kappa shape index (κ2) is 8.36. The van der Waals surface area contributed by atoms with Crippen LogP contribution in [0.3, 0.4) is 0 Å². The Balaban J connectivity index is 1.51. The highest BCUT2D eigenvalue weighted by Gasteiger charge is 2.50. The van der Waals surface area contributed by atoms with Crippen LogP contribution in [-0.2, 0) is 11.3 Å². The minimum atomic E-state index is -0.894. The van der Waals surface area contributed by atoms with E-state index in [-0.39, 0.29) is 23.9 Å². The molecule has 2 aromatic heterocycles. The fraction of sp³-hybridized carbons (Fsp3) is 0.680. The maximum absolute atomic E-state index is 13.8. The minimum absolute atomic E-state index is 0.00740. The summed E-state index contributed by atoms with van der Waals surface area (Å²) in [5.74, 6) is -0.0175. The van der Waals surface area contributed by atoms with Gasteiger partial charge in [0, 0.05) is 24.2 Å². The first kappa shape index (κ1) is 20.7. The van der Waals surface area contributed by atoms with E-state index in [0.717, 1.165) is 49.6 Å². The first-order valence-electron chi connectivity index (χ1n) is 12.3. The molecular formula is C25H35N3O3. The van der Waals surface area contributed by atoms with Crippen molar-refractivity contribution < 1.29 is 14.0 Å². The summed E-state index contributed by atoms with van der Waals surface area (Å²) in [6.07, 6.45) is 15.2. The maximum Gasteiger partial charge on any atom is 0.271 e. The maximum atomic E-state index is 13.8. The molecule has 1 atom stereocenters. The third-order valence-electron chi connectivity index (χ3n) is 7.83. The number of rotatable bonds is 3. The van der Waals surface area contributed by atoms with Gasteiger partial charge >= 0.3 is 0 Å². The molecule has 0 aromatic carbocycles. The van der Waals surface area contributed by atoms with E-state index in [9.17, 15) is 9.59 Å². The second-order valence-corrected chi connectivity index (χ2v) is 10.0. The number of hydrogen-bond donors (Lipinski definition) is 1. The molecular weight excluding hydrogens is 390 g/mol. The lowest BCUT2D eigenvalue weighted by atomic mass is 9.89. The standard InChI is InChI=1S/C25H35N3O3/c1-25(24(30)26-18-10-6-2-3-7-11-18)17-27-20-14-15-31-22(20)16-21(27)23(29)28(25)19-12-8-4-5-9-13-19/h14-16,18-19H,2-13,17H2,1H3,(H,26,30)/t25-/m0/s1. The predicted octanol–water partition coefficient (Wildman–Crippen LogP) is 5.01. The van der Waals surface area contributed by atoms with Crippen molar-refractivity contribution in [3.63, 3.8) is 0 Å². The van der Waals surface area contributed by atoms with Crippen LogP contribution in [0.4, 0.5) is 0 Å². The molecule has 2 aliphatic carbocycles. The molecule has 6 nitrogen and oxygen atoms in total. The number of nitrogens with zero attached hydrogens (tertiary/aromatic N) is 2. The van der Waals surface area contributed by atoms with Crippen LogP contribution in [0.15, 0.2) is 22.8 Å². The summed E-state index contributed by atoms with van der Waals surface area (Å²) >= 11 is 0. The Morgan fingerprint density at radius 2 is 1.68 bits per heavy atom. The lowest BCUT2D eigenvalue weighted by Crippen LogP contribution is -2.67. The van der Waals surface area contributed by atoms with Crippen molar-refractivity contribution in [2.45, 2.75) is 108 Å². The van der Waals surface area contributed by atoms with Crippen LogP contribution in [0.2, 0.25) is 0 Å². The van der Waals surface area contributed by atoms with E-state index in [4.69, 9.17) is 4.42 Å². The molecule has 1 N–H and O–H groups in total. The van der Waals surface area contributed by atoms with Crippen LogP contribution in [0, 0.1) is 0 Å². The Bertz CT molecular complexity index is 945. The van der Waals surface area contributed by atoms with Gasteiger partial charge in [-0.25, -0.2) is 0 Å². The van der Waals surface area contributed by atoms with Crippen molar-refractivity contribution in [1.82, 2.24) is 14.8 Å². The number of amides is 2. The number of furan rings is 1. The van der Waals surface area contributed by atoms with Gasteiger partial charge in [0.1, 0.15) is 11.2 Å². The number of nitrogens with one attached hydrogen (secondary N) is 1. The summed E-state index contributed by atoms with van der Waals surface area (Å²) in [7, 11) is 0. The van der Waals surface area contributed by atoms with E-state index in [1.165, 1.54) is 38.5 Å². The summed E-state index contributed by atoms with van der Waals surface area (Å²) < 4.78 is 7.59. The molecule has 0 spiro atoms. The zero-order chi connectivity index (χ0) is 21.4. The van der Waals surface area contributed by atoms with E-state index in [1.807, 2.05) is 28.5 Å². The normalized spacial score (nSPS) is 26.5. The molecule has 2 aromatic rings. The van der Waals surface area contributed by atoms with Crippen molar-refractivity contribution in [1.29, 1.82) is 0 Å². The molecule has 0 radical (unpaired) electrons. The van der Waals surface area contributed by atoms with Gasteiger partial charge in [-0.3, -0.25) is 9.59 Å². The first-order chi connectivity index (χ1) is 15.1. The highest BCUT2D eigenvalue weighted by Crippen LogP contribution is 2.37. The monoisotopic (exact) mass is 425 g/mol. The van der Waals surface area contributed by atoms with Crippen LogP contribution >= 0.6 is 0 Å². The molecule has 3 heterocycles. The number of hydrogen-bond acceptors (Lipinski definition) is 3. The molecule has 3 aliphatic rings. The smallest absolute Gasteiger partial charge is 0.271 e. The van der Waals surface area contributed by atoms with Crippen LogP contribution in [0.5, 0.6) is 0 Å². The topological polar surface area (TPSA) is 67.5 Å². The fourth-order valence-corrected chi connectivity index (χ4v) is 6.09. The Labute approximate surface area is 184 Å². The van der Waals surface area contributed by atoms with Gasteiger partial charge in [0.25, 0.3) is 5.91 Å². The van der Waals surface area contributed by atoms with Crippen LogP contribution in [0.25, 0.3) is 11.1 Å². The van der Waals surface area contributed by atoms with Gasteiger partial charge in [0.2, 0.25) is 5.91 Å². The van der Waals surface area contributed by atoms with E-state index in [1.54, 1.807) is 6.26 Å². The van der Waals surface area contributed by atoms with Crippen LogP contribution in [0.1, 0.15) is 94.5 Å². The molecule has 0 unspecified atom stereocenters. The Kier molecular flexibility index (Phi) is 5.57. The number of fused-ring (bicyclic) bond motifs is 3. The molecule has 0 bridgehead atoms.